The summed E-state index contributed by atoms with van der Waals surface area (Å²) in [7, 11) is -3.15. The van der Waals surface area contributed by atoms with Crippen LogP contribution in [-0.2, 0) is 10.0 Å². The van der Waals surface area contributed by atoms with E-state index in [1.165, 1.54) is 0 Å². The van der Waals surface area contributed by atoms with Gasteiger partial charge in [0, 0.05) is 12.0 Å². The Morgan fingerprint density at radius 1 is 1.44 bits per heavy atom. The van der Waals surface area contributed by atoms with E-state index in [1.807, 2.05) is 13.8 Å². The smallest absolute Gasteiger partial charge is 0.211 e. The summed E-state index contributed by atoms with van der Waals surface area (Å²) in [6.45, 7) is 4.16. The second kappa shape index (κ2) is 5.47. The molecule has 1 fully saturated rings. The molecular formula is C11H23NO3S. The molecule has 2 atom stereocenters. The zero-order valence-electron chi connectivity index (χ0n) is 10.2. The van der Waals surface area contributed by atoms with Gasteiger partial charge in [0.25, 0.3) is 0 Å². The maximum atomic E-state index is 11.5. The third-order valence-electron chi connectivity index (χ3n) is 3.45. The fraction of sp³-hybridized carbons (Fsp3) is 1.00. The van der Waals surface area contributed by atoms with Crippen LogP contribution in [0.2, 0.25) is 0 Å². The summed E-state index contributed by atoms with van der Waals surface area (Å²) in [5.74, 6) is 0.166. The first-order valence-corrected chi connectivity index (χ1v) is 7.70. The van der Waals surface area contributed by atoms with Crippen molar-refractivity contribution in [2.24, 2.45) is 5.41 Å². The highest BCUT2D eigenvalue weighted by atomic mass is 32.2. The summed E-state index contributed by atoms with van der Waals surface area (Å²) in [6, 6.07) is 0. The Morgan fingerprint density at radius 2 is 2.12 bits per heavy atom. The zero-order chi connectivity index (χ0) is 12.2. The standard InChI is InChI=1S/C11H23NO3S/c1-3-8-16(14,15)12-9-11(2)7-5-4-6-10(11)13/h10,12-13H,3-9H2,1-2H3/t10-,11-/m0/s1. The van der Waals surface area contributed by atoms with Gasteiger partial charge in [0.15, 0.2) is 0 Å². The maximum absolute atomic E-state index is 11.5. The van der Waals surface area contributed by atoms with Crippen molar-refractivity contribution < 1.29 is 13.5 Å². The van der Waals surface area contributed by atoms with Crippen LogP contribution in [0.5, 0.6) is 0 Å². The van der Waals surface area contributed by atoms with Crippen molar-refractivity contribution >= 4 is 10.0 Å². The lowest BCUT2D eigenvalue weighted by Gasteiger charge is -2.38. The summed E-state index contributed by atoms with van der Waals surface area (Å²) in [5.41, 5.74) is -0.293. The van der Waals surface area contributed by atoms with Gasteiger partial charge in [0.2, 0.25) is 10.0 Å². The minimum Gasteiger partial charge on any atom is -0.393 e. The van der Waals surface area contributed by atoms with E-state index in [0.717, 1.165) is 25.7 Å². The highest BCUT2D eigenvalue weighted by Crippen LogP contribution is 2.35. The van der Waals surface area contributed by atoms with Crippen LogP contribution in [0.15, 0.2) is 0 Å². The Balaban J connectivity index is 2.53. The third kappa shape index (κ3) is 3.71. The van der Waals surface area contributed by atoms with E-state index < -0.39 is 10.0 Å². The summed E-state index contributed by atoms with van der Waals surface area (Å²) in [4.78, 5) is 0. The maximum Gasteiger partial charge on any atom is 0.211 e. The number of aliphatic hydroxyl groups is 1. The molecule has 0 radical (unpaired) electrons. The van der Waals surface area contributed by atoms with Crippen LogP contribution in [0.25, 0.3) is 0 Å². The molecule has 16 heavy (non-hydrogen) atoms. The molecule has 0 bridgehead atoms. The molecule has 4 nitrogen and oxygen atoms in total. The van der Waals surface area contributed by atoms with Gasteiger partial charge in [0.1, 0.15) is 0 Å². The average Bonchev–Trinajstić information content (AvgIpc) is 2.20. The van der Waals surface area contributed by atoms with E-state index in [1.54, 1.807) is 0 Å². The molecule has 0 spiro atoms. The molecule has 0 aliphatic heterocycles. The molecule has 0 unspecified atom stereocenters. The van der Waals surface area contributed by atoms with Crippen LogP contribution < -0.4 is 4.72 Å². The molecule has 0 saturated heterocycles. The lowest BCUT2D eigenvalue weighted by Crippen LogP contribution is -2.45. The molecule has 0 aromatic heterocycles. The lowest BCUT2D eigenvalue weighted by atomic mass is 9.73. The number of aliphatic hydroxyl groups excluding tert-OH is 1. The van der Waals surface area contributed by atoms with Gasteiger partial charge in [-0.05, 0) is 19.3 Å². The van der Waals surface area contributed by atoms with Crippen LogP contribution >= 0.6 is 0 Å². The Morgan fingerprint density at radius 3 is 2.69 bits per heavy atom. The highest BCUT2D eigenvalue weighted by molar-refractivity contribution is 7.89. The van der Waals surface area contributed by atoms with Gasteiger partial charge in [-0.25, -0.2) is 13.1 Å². The van der Waals surface area contributed by atoms with Gasteiger partial charge in [-0.1, -0.05) is 26.7 Å². The Labute approximate surface area is 98.5 Å². The van der Waals surface area contributed by atoms with Crippen molar-refractivity contribution in [1.82, 2.24) is 4.72 Å². The van der Waals surface area contributed by atoms with Gasteiger partial charge in [0.05, 0.1) is 11.9 Å². The molecule has 1 saturated carbocycles. The summed E-state index contributed by atoms with van der Waals surface area (Å²) in [5, 5.41) is 9.92. The monoisotopic (exact) mass is 249 g/mol. The van der Waals surface area contributed by atoms with Gasteiger partial charge >= 0.3 is 0 Å². The molecule has 0 heterocycles. The fourth-order valence-corrected chi connectivity index (χ4v) is 3.43. The first-order chi connectivity index (χ1) is 7.40. The van der Waals surface area contributed by atoms with E-state index in [2.05, 4.69) is 4.72 Å². The highest BCUT2D eigenvalue weighted by Gasteiger charge is 2.35. The molecule has 1 aliphatic rings. The number of hydrogen-bond donors (Lipinski definition) is 2. The van der Waals surface area contributed by atoms with Crippen LogP contribution in [0.1, 0.15) is 46.0 Å². The first kappa shape index (κ1) is 13.9. The fourth-order valence-electron chi connectivity index (χ4n) is 2.20. The molecule has 1 aliphatic carbocycles. The van der Waals surface area contributed by atoms with Gasteiger partial charge in [-0.2, -0.15) is 0 Å². The molecular weight excluding hydrogens is 226 g/mol. The van der Waals surface area contributed by atoms with Crippen LogP contribution in [0.4, 0.5) is 0 Å². The molecule has 0 aromatic rings. The largest absolute Gasteiger partial charge is 0.393 e. The molecule has 0 amide bonds. The number of sulfonamides is 1. The molecule has 96 valence electrons. The first-order valence-electron chi connectivity index (χ1n) is 6.05. The predicted molar refractivity (Wildman–Crippen MR) is 64.7 cm³/mol. The Bertz CT molecular complexity index is 315. The summed E-state index contributed by atoms with van der Waals surface area (Å²) >= 11 is 0. The lowest BCUT2D eigenvalue weighted by molar-refractivity contribution is 0.00463. The van der Waals surface area contributed by atoms with Crippen molar-refractivity contribution in [1.29, 1.82) is 0 Å². The molecule has 5 heteroatoms. The van der Waals surface area contributed by atoms with Crippen LogP contribution in [0.3, 0.4) is 0 Å². The van der Waals surface area contributed by atoms with E-state index >= 15 is 0 Å². The van der Waals surface area contributed by atoms with E-state index in [9.17, 15) is 13.5 Å². The minimum atomic E-state index is -3.15. The van der Waals surface area contributed by atoms with Crippen LogP contribution in [-0.4, -0.2) is 31.9 Å². The van der Waals surface area contributed by atoms with Crippen molar-refractivity contribution in [3.63, 3.8) is 0 Å². The predicted octanol–water partition coefficient (Wildman–Crippen LogP) is 1.26. The van der Waals surface area contributed by atoms with Crippen molar-refractivity contribution in [3.05, 3.63) is 0 Å². The topological polar surface area (TPSA) is 66.4 Å². The summed E-state index contributed by atoms with van der Waals surface area (Å²) < 4.78 is 25.7. The second-order valence-corrected chi connectivity index (χ2v) is 6.98. The van der Waals surface area contributed by atoms with E-state index in [-0.39, 0.29) is 17.3 Å². The van der Waals surface area contributed by atoms with E-state index in [0.29, 0.717) is 13.0 Å². The number of rotatable bonds is 5. The van der Waals surface area contributed by atoms with Gasteiger partial charge in [-0.3, -0.25) is 0 Å². The number of hydrogen-bond acceptors (Lipinski definition) is 3. The van der Waals surface area contributed by atoms with Gasteiger partial charge in [-0.15, -0.1) is 0 Å². The SMILES string of the molecule is CCCS(=O)(=O)NC[C@]1(C)CCCC[C@@H]1O. The third-order valence-corrected chi connectivity index (χ3v) is 4.98. The van der Waals surface area contributed by atoms with E-state index in [4.69, 9.17) is 0 Å². The second-order valence-electron chi connectivity index (χ2n) is 5.06. The van der Waals surface area contributed by atoms with Crippen molar-refractivity contribution in [2.45, 2.75) is 52.1 Å². The quantitative estimate of drug-likeness (QED) is 0.771. The normalized spacial score (nSPS) is 31.6. The Hall–Kier alpha value is -0.130. The van der Waals surface area contributed by atoms with Crippen LogP contribution in [0, 0.1) is 5.41 Å². The average molecular weight is 249 g/mol. The zero-order valence-corrected chi connectivity index (χ0v) is 11.0. The summed E-state index contributed by atoms with van der Waals surface area (Å²) in [6.07, 6.45) is 4.02. The number of nitrogens with one attached hydrogen (secondary N) is 1. The Kier molecular flexibility index (Phi) is 4.76. The van der Waals surface area contributed by atoms with Gasteiger partial charge < -0.3 is 5.11 Å². The van der Waals surface area contributed by atoms with Crippen molar-refractivity contribution in [3.8, 4) is 0 Å². The molecule has 1 rings (SSSR count). The molecule has 2 N–H and O–H groups in total. The molecule has 0 aromatic carbocycles. The minimum absolute atomic E-state index is 0.166. The van der Waals surface area contributed by atoms with Crippen molar-refractivity contribution in [2.75, 3.05) is 12.3 Å².